The van der Waals surface area contributed by atoms with Gasteiger partial charge in [0.2, 0.25) is 5.91 Å². The topological polar surface area (TPSA) is 126 Å². The molecule has 0 saturated heterocycles. The van der Waals surface area contributed by atoms with Gasteiger partial charge in [-0.2, -0.15) is 27.1 Å². The van der Waals surface area contributed by atoms with Crippen molar-refractivity contribution in [3.63, 3.8) is 0 Å². The van der Waals surface area contributed by atoms with E-state index in [0.717, 1.165) is 12.1 Å². The lowest BCUT2D eigenvalue weighted by Gasteiger charge is -2.34. The predicted molar refractivity (Wildman–Crippen MR) is 176 cm³/mol. The van der Waals surface area contributed by atoms with Gasteiger partial charge in [-0.1, -0.05) is 18.1 Å². The fourth-order valence-electron chi connectivity index (χ4n) is 7.09. The summed E-state index contributed by atoms with van der Waals surface area (Å²) in [6, 6.07) is 9.06. The maximum absolute atomic E-state index is 15.5. The number of para-hydroxylation sites is 1. The molecule has 0 spiro atoms. The molecular formula is C37H29F7N6O3. The maximum Gasteiger partial charge on any atom is 0.435 e. The molecule has 2 aromatic carbocycles. The number of carbonyl (C=O) groups excluding carboxylic acids is 1. The summed E-state index contributed by atoms with van der Waals surface area (Å²) in [6.45, 7) is 1.81. The van der Waals surface area contributed by atoms with Crippen molar-refractivity contribution < 1.29 is 40.6 Å². The third kappa shape index (κ3) is 6.76. The Morgan fingerprint density at radius 1 is 1.09 bits per heavy atom. The van der Waals surface area contributed by atoms with E-state index in [1.165, 1.54) is 32.3 Å². The van der Waals surface area contributed by atoms with Crippen LogP contribution in [0.5, 0.6) is 0 Å². The number of hydrogen-bond donors (Lipinski definition) is 3. The molecule has 1 fully saturated rings. The molecular weight excluding hydrogens is 709 g/mol. The molecule has 0 unspecified atom stereocenters. The van der Waals surface area contributed by atoms with E-state index in [9.17, 15) is 36.6 Å². The number of aromatic amines is 1. The van der Waals surface area contributed by atoms with Crippen molar-refractivity contribution in [1.29, 1.82) is 0 Å². The number of H-pyrrole nitrogens is 1. The third-order valence-corrected chi connectivity index (χ3v) is 9.39. The van der Waals surface area contributed by atoms with Gasteiger partial charge in [0.05, 0.1) is 29.0 Å². The second kappa shape index (κ2) is 12.8. The molecule has 1 amide bonds. The minimum absolute atomic E-state index is 0.0120. The van der Waals surface area contributed by atoms with E-state index in [2.05, 4.69) is 37.2 Å². The number of alkyl halides is 5. The number of aliphatic hydroxyl groups is 1. The van der Waals surface area contributed by atoms with Crippen LogP contribution in [0, 0.1) is 29.4 Å². The van der Waals surface area contributed by atoms with Gasteiger partial charge in [0.25, 0.3) is 11.5 Å². The molecule has 3 aromatic heterocycles. The Hall–Kier alpha value is -5.56. The summed E-state index contributed by atoms with van der Waals surface area (Å²) in [6.07, 6.45) is -4.10. The maximum atomic E-state index is 15.5. The molecule has 1 saturated carbocycles. The second-order valence-electron chi connectivity index (χ2n) is 13.7. The van der Waals surface area contributed by atoms with Gasteiger partial charge in [-0.15, -0.1) is 0 Å². The van der Waals surface area contributed by atoms with Crippen LogP contribution < -0.4 is 10.9 Å². The number of nitrogens with zero attached hydrogens (tertiary/aromatic N) is 4. The quantitative estimate of drug-likeness (QED) is 0.133. The third-order valence-electron chi connectivity index (χ3n) is 9.39. The van der Waals surface area contributed by atoms with Gasteiger partial charge >= 0.3 is 6.18 Å². The van der Waals surface area contributed by atoms with Crippen LogP contribution in [0.3, 0.4) is 0 Å². The smallest absolute Gasteiger partial charge is 0.378 e. The molecule has 3 atom stereocenters. The van der Waals surface area contributed by atoms with Crippen molar-refractivity contribution in [2.75, 3.05) is 0 Å². The highest BCUT2D eigenvalue weighted by molar-refractivity contribution is 5.93. The van der Waals surface area contributed by atoms with E-state index in [1.54, 1.807) is 18.2 Å². The summed E-state index contributed by atoms with van der Waals surface area (Å²) in [5, 5.41) is 16.5. The number of aromatic nitrogens is 5. The van der Waals surface area contributed by atoms with E-state index in [1.807, 2.05) is 0 Å². The van der Waals surface area contributed by atoms with Crippen molar-refractivity contribution in [2.24, 2.45) is 5.92 Å². The molecule has 0 bridgehead atoms. The Morgan fingerprint density at radius 3 is 2.49 bits per heavy atom. The van der Waals surface area contributed by atoms with E-state index in [-0.39, 0.29) is 52.7 Å². The molecule has 53 heavy (non-hydrogen) atoms. The molecule has 0 radical (unpaired) electrons. The standard InChI is InChI=1S/C37H29F7N6O3/c1-35(2,53)11-10-21-6-7-23(22-4-3-5-25-30(22)45-17-46-34(25)52)31(47-21)27(14-18-12-19(38)15-20(39)13-18)48-28(51)16-50-33-29(32(49-50)37(42,43)44)24-8-9-26(24)36(33,40)41/h3-7,12-13,15,17,24,26-27,53H,8-9,14,16H2,1-2H3,(H,48,51)(H,45,46,52)/t24-,26+,27-/m0/s1. The molecule has 0 aliphatic heterocycles. The Balaban J connectivity index is 1.36. The fraction of sp³-hybridized carbons (Fsp3) is 0.324. The number of carbonyl (C=O) groups is 1. The molecule has 2 aliphatic rings. The van der Waals surface area contributed by atoms with Crippen LogP contribution in [-0.4, -0.2) is 41.3 Å². The highest BCUT2D eigenvalue weighted by Gasteiger charge is 2.63. The molecule has 3 heterocycles. The van der Waals surface area contributed by atoms with Gasteiger partial charge in [0.1, 0.15) is 35.2 Å². The number of nitrogens with one attached hydrogen (secondary N) is 2. The normalized spacial score (nSPS) is 18.1. The molecule has 2 aliphatic carbocycles. The lowest BCUT2D eigenvalue weighted by Crippen LogP contribution is -2.36. The number of halogens is 7. The van der Waals surface area contributed by atoms with Gasteiger partial charge in [-0.05, 0) is 80.8 Å². The number of rotatable bonds is 7. The summed E-state index contributed by atoms with van der Waals surface area (Å²) in [4.78, 5) is 37.9. The van der Waals surface area contributed by atoms with Crippen molar-refractivity contribution >= 4 is 16.8 Å². The first-order valence-electron chi connectivity index (χ1n) is 16.4. The number of benzene rings is 2. The highest BCUT2D eigenvalue weighted by Crippen LogP contribution is 2.64. The van der Waals surface area contributed by atoms with E-state index >= 15 is 8.78 Å². The van der Waals surface area contributed by atoms with Crippen molar-refractivity contribution in [3.05, 3.63) is 111 Å². The van der Waals surface area contributed by atoms with Gasteiger partial charge in [0.15, 0.2) is 5.69 Å². The van der Waals surface area contributed by atoms with Crippen LogP contribution in [0.2, 0.25) is 0 Å². The fourth-order valence-corrected chi connectivity index (χ4v) is 7.09. The van der Waals surface area contributed by atoms with Crippen LogP contribution in [0.15, 0.2) is 59.7 Å². The largest absolute Gasteiger partial charge is 0.435 e. The van der Waals surface area contributed by atoms with Gasteiger partial charge in [-0.3, -0.25) is 14.3 Å². The summed E-state index contributed by atoms with van der Waals surface area (Å²) in [7, 11) is 0. The van der Waals surface area contributed by atoms with Crippen molar-refractivity contribution in [2.45, 2.75) is 69.3 Å². The van der Waals surface area contributed by atoms with Crippen molar-refractivity contribution in [1.82, 2.24) is 30.0 Å². The van der Waals surface area contributed by atoms with Gasteiger partial charge < -0.3 is 15.4 Å². The molecule has 7 rings (SSSR count). The lowest BCUT2D eigenvalue weighted by atomic mass is 9.73. The Kier molecular flexibility index (Phi) is 8.67. The summed E-state index contributed by atoms with van der Waals surface area (Å²) in [5.74, 6) is -3.66. The van der Waals surface area contributed by atoms with E-state index in [0.29, 0.717) is 16.3 Å². The van der Waals surface area contributed by atoms with Crippen LogP contribution in [0.1, 0.15) is 72.6 Å². The summed E-state index contributed by atoms with van der Waals surface area (Å²) < 4.78 is 103. The number of fused-ring (bicyclic) bond motifs is 4. The van der Waals surface area contributed by atoms with Crippen LogP contribution in [-0.2, 0) is 29.9 Å². The zero-order valence-corrected chi connectivity index (χ0v) is 28.0. The Labute approximate surface area is 296 Å². The lowest BCUT2D eigenvalue weighted by molar-refractivity contribution is -0.144. The second-order valence-corrected chi connectivity index (χ2v) is 13.7. The minimum atomic E-state index is -5.06. The molecule has 5 aromatic rings. The molecule has 274 valence electrons. The monoisotopic (exact) mass is 738 g/mol. The van der Waals surface area contributed by atoms with Crippen LogP contribution >= 0.6 is 0 Å². The van der Waals surface area contributed by atoms with Crippen molar-refractivity contribution in [3.8, 4) is 23.0 Å². The first-order valence-corrected chi connectivity index (χ1v) is 16.4. The van der Waals surface area contributed by atoms with Crippen LogP contribution in [0.4, 0.5) is 30.7 Å². The predicted octanol–water partition coefficient (Wildman–Crippen LogP) is 6.30. The van der Waals surface area contributed by atoms with Gasteiger partial charge in [0, 0.05) is 28.7 Å². The van der Waals surface area contributed by atoms with E-state index < -0.39 is 82.2 Å². The van der Waals surface area contributed by atoms with E-state index in [4.69, 9.17) is 0 Å². The zero-order chi connectivity index (χ0) is 38.0. The average Bonchev–Trinajstić information content (AvgIpc) is 3.48. The number of pyridine rings is 1. The minimum Gasteiger partial charge on any atom is -0.378 e. The average molecular weight is 739 g/mol. The van der Waals surface area contributed by atoms with Gasteiger partial charge in [-0.25, -0.2) is 18.7 Å². The van der Waals surface area contributed by atoms with Crippen LogP contribution in [0.25, 0.3) is 22.0 Å². The first kappa shape index (κ1) is 35.8. The molecule has 16 heteroatoms. The summed E-state index contributed by atoms with van der Waals surface area (Å²) in [5.41, 5.74) is -4.00. The number of amides is 1. The SMILES string of the molecule is CC(C)(O)C#Cc1ccc(-c2cccc3c(=O)[nH]cnc23)c([C@H](Cc2cc(F)cc(F)c2)NC(=O)Cn2nc(C(F)(F)F)c3c2C(F)(F)[C@@H]2CC[C@H]32)n1. The Bertz CT molecular complexity index is 2380. The zero-order valence-electron chi connectivity index (χ0n) is 28.0. The summed E-state index contributed by atoms with van der Waals surface area (Å²) >= 11 is 0. The first-order chi connectivity index (χ1) is 24.9. The highest BCUT2D eigenvalue weighted by atomic mass is 19.4. The number of hydrogen-bond acceptors (Lipinski definition) is 6. The molecule has 3 N–H and O–H groups in total. The molecule has 9 nitrogen and oxygen atoms in total. The Morgan fingerprint density at radius 2 is 1.83 bits per heavy atom.